The van der Waals surface area contributed by atoms with E-state index < -0.39 is 11.9 Å². The number of carbonyl (C=O) groups excluding carboxylic acids is 1. The van der Waals surface area contributed by atoms with Gasteiger partial charge in [-0.2, -0.15) is 0 Å². The number of ether oxygens (including phenoxy) is 2. The van der Waals surface area contributed by atoms with Crippen molar-refractivity contribution in [1.82, 2.24) is 10.3 Å². The zero-order valence-corrected chi connectivity index (χ0v) is 10.8. The number of hydrogen-bond acceptors (Lipinski definition) is 5. The van der Waals surface area contributed by atoms with Gasteiger partial charge in [0.1, 0.15) is 5.69 Å². The second-order valence-corrected chi connectivity index (χ2v) is 3.73. The van der Waals surface area contributed by atoms with E-state index in [1.807, 2.05) is 0 Å². The van der Waals surface area contributed by atoms with Crippen molar-refractivity contribution < 1.29 is 24.2 Å². The highest BCUT2D eigenvalue weighted by Gasteiger charge is 2.18. The molecule has 1 rings (SSSR count). The third kappa shape index (κ3) is 4.31. The highest BCUT2D eigenvalue weighted by atomic mass is 16.5. The van der Waals surface area contributed by atoms with Crippen LogP contribution in [0, 0.1) is 0 Å². The maximum Gasteiger partial charge on any atom is 0.338 e. The van der Waals surface area contributed by atoms with Crippen LogP contribution in [0.3, 0.4) is 0 Å². The summed E-state index contributed by atoms with van der Waals surface area (Å²) in [5, 5.41) is 11.5. The first-order chi connectivity index (χ1) is 9.10. The number of nitrogens with one attached hydrogen (secondary N) is 1. The smallest absolute Gasteiger partial charge is 0.338 e. The van der Waals surface area contributed by atoms with Gasteiger partial charge in [-0.05, 0) is 12.1 Å². The van der Waals surface area contributed by atoms with E-state index in [0.717, 1.165) is 0 Å². The maximum absolute atomic E-state index is 11.9. The molecule has 0 aromatic carbocycles. The van der Waals surface area contributed by atoms with Crippen LogP contribution in [0.5, 0.6) is 0 Å². The average Bonchev–Trinajstić information content (AvgIpc) is 2.43. The van der Waals surface area contributed by atoms with Gasteiger partial charge in [0.25, 0.3) is 5.91 Å². The van der Waals surface area contributed by atoms with E-state index in [0.29, 0.717) is 6.61 Å². The molecule has 0 saturated heterocycles. The van der Waals surface area contributed by atoms with Crippen molar-refractivity contribution >= 4 is 11.9 Å². The number of rotatable bonds is 7. The molecule has 0 fully saturated rings. The lowest BCUT2D eigenvalue weighted by Gasteiger charge is -2.15. The molecule has 0 saturated carbocycles. The summed E-state index contributed by atoms with van der Waals surface area (Å²) in [4.78, 5) is 26.6. The van der Waals surface area contributed by atoms with Crippen LogP contribution >= 0.6 is 0 Å². The fourth-order valence-corrected chi connectivity index (χ4v) is 1.45. The van der Waals surface area contributed by atoms with E-state index in [2.05, 4.69) is 10.3 Å². The van der Waals surface area contributed by atoms with Crippen LogP contribution in [-0.2, 0) is 9.47 Å². The molecule has 104 valence electrons. The molecule has 0 aliphatic rings. The molecule has 1 aromatic rings. The summed E-state index contributed by atoms with van der Waals surface area (Å²) >= 11 is 0. The second kappa shape index (κ2) is 7.45. The Labute approximate surface area is 110 Å². The van der Waals surface area contributed by atoms with Crippen molar-refractivity contribution in [2.45, 2.75) is 6.10 Å². The number of methoxy groups -OCH3 is 2. The van der Waals surface area contributed by atoms with Gasteiger partial charge < -0.3 is 19.9 Å². The number of hydrogen-bond donors (Lipinski definition) is 2. The standard InChI is InChI=1S/C12H16N2O5/c1-18-7-8(19-2)6-14-11(15)10-9(12(16)17)4-3-5-13-10/h3-5,8H,6-7H2,1-2H3,(H,14,15)(H,16,17). The molecule has 7 nitrogen and oxygen atoms in total. The van der Waals surface area contributed by atoms with Crippen molar-refractivity contribution in [3.63, 3.8) is 0 Å². The molecule has 0 aliphatic heterocycles. The molecule has 0 spiro atoms. The number of aromatic carboxylic acids is 1. The Bertz CT molecular complexity index is 450. The Morgan fingerprint density at radius 1 is 1.47 bits per heavy atom. The minimum atomic E-state index is -1.20. The third-order valence-electron chi connectivity index (χ3n) is 2.43. The molecule has 1 amide bonds. The Kier molecular flexibility index (Phi) is 5.91. The minimum absolute atomic E-state index is 0.123. The molecule has 7 heteroatoms. The van der Waals surface area contributed by atoms with Crippen LogP contribution in [-0.4, -0.2) is 55.4 Å². The van der Waals surface area contributed by atoms with E-state index in [4.69, 9.17) is 14.6 Å². The van der Waals surface area contributed by atoms with E-state index in [9.17, 15) is 9.59 Å². The molecule has 0 radical (unpaired) electrons. The third-order valence-corrected chi connectivity index (χ3v) is 2.43. The lowest BCUT2D eigenvalue weighted by Crippen LogP contribution is -2.36. The summed E-state index contributed by atoms with van der Waals surface area (Å²) in [5.74, 6) is -1.76. The minimum Gasteiger partial charge on any atom is -0.478 e. The summed E-state index contributed by atoms with van der Waals surface area (Å²) in [6, 6.07) is 2.79. The van der Waals surface area contributed by atoms with Gasteiger partial charge in [0, 0.05) is 27.0 Å². The Hall–Kier alpha value is -1.99. The van der Waals surface area contributed by atoms with Crippen molar-refractivity contribution in [1.29, 1.82) is 0 Å². The van der Waals surface area contributed by atoms with Gasteiger partial charge >= 0.3 is 5.97 Å². The van der Waals surface area contributed by atoms with Crippen LogP contribution < -0.4 is 5.32 Å². The molecule has 1 unspecified atom stereocenters. The molecule has 0 aliphatic carbocycles. The Balaban J connectivity index is 2.71. The number of carbonyl (C=O) groups is 2. The molecule has 1 heterocycles. The van der Waals surface area contributed by atoms with E-state index in [1.54, 1.807) is 0 Å². The van der Waals surface area contributed by atoms with Gasteiger partial charge in [-0.15, -0.1) is 0 Å². The number of carboxylic acid groups (broad SMARTS) is 1. The molecular formula is C12H16N2O5. The largest absolute Gasteiger partial charge is 0.478 e. The van der Waals surface area contributed by atoms with Gasteiger partial charge in [0.15, 0.2) is 0 Å². The summed E-state index contributed by atoms with van der Waals surface area (Å²) in [6.07, 6.45) is 1.07. The predicted octanol–water partition coefficient (Wildman–Crippen LogP) is 0.171. The highest BCUT2D eigenvalue weighted by Crippen LogP contribution is 2.05. The van der Waals surface area contributed by atoms with Crippen molar-refractivity contribution in [2.24, 2.45) is 0 Å². The quantitative estimate of drug-likeness (QED) is 0.731. The normalized spacial score (nSPS) is 11.9. The molecule has 1 aromatic heterocycles. The van der Waals surface area contributed by atoms with Crippen LogP contribution in [0.4, 0.5) is 0 Å². The fourth-order valence-electron chi connectivity index (χ4n) is 1.45. The Morgan fingerprint density at radius 3 is 2.79 bits per heavy atom. The average molecular weight is 268 g/mol. The molecule has 19 heavy (non-hydrogen) atoms. The molecular weight excluding hydrogens is 252 g/mol. The topological polar surface area (TPSA) is 97.8 Å². The van der Waals surface area contributed by atoms with Crippen LogP contribution in [0.15, 0.2) is 18.3 Å². The van der Waals surface area contributed by atoms with Crippen LogP contribution in [0.1, 0.15) is 20.8 Å². The zero-order chi connectivity index (χ0) is 14.3. The first kappa shape index (κ1) is 15.1. The maximum atomic E-state index is 11.9. The van der Waals surface area contributed by atoms with Gasteiger partial charge in [-0.3, -0.25) is 9.78 Å². The SMILES string of the molecule is COCC(CNC(=O)c1ncccc1C(=O)O)OC. The fraction of sp³-hybridized carbons (Fsp3) is 0.417. The molecule has 2 N–H and O–H groups in total. The van der Waals surface area contributed by atoms with Gasteiger partial charge in [0.05, 0.1) is 18.3 Å². The number of nitrogens with zero attached hydrogens (tertiary/aromatic N) is 1. The van der Waals surface area contributed by atoms with Crippen molar-refractivity contribution in [3.8, 4) is 0 Å². The predicted molar refractivity (Wildman–Crippen MR) is 66.2 cm³/mol. The lowest BCUT2D eigenvalue weighted by atomic mass is 10.2. The number of pyridine rings is 1. The number of amides is 1. The van der Waals surface area contributed by atoms with E-state index >= 15 is 0 Å². The summed E-state index contributed by atoms with van der Waals surface area (Å²) in [5.41, 5.74) is -0.261. The van der Waals surface area contributed by atoms with Gasteiger partial charge in [-0.25, -0.2) is 4.79 Å². The van der Waals surface area contributed by atoms with Crippen LogP contribution in [0.25, 0.3) is 0 Å². The van der Waals surface area contributed by atoms with E-state index in [-0.39, 0.29) is 23.9 Å². The van der Waals surface area contributed by atoms with Crippen molar-refractivity contribution in [3.05, 3.63) is 29.6 Å². The van der Waals surface area contributed by atoms with Gasteiger partial charge in [0.2, 0.25) is 0 Å². The summed E-state index contributed by atoms with van der Waals surface area (Å²) in [6.45, 7) is 0.531. The zero-order valence-electron chi connectivity index (χ0n) is 10.8. The lowest BCUT2D eigenvalue weighted by molar-refractivity contribution is 0.0284. The first-order valence-corrected chi connectivity index (χ1v) is 5.58. The molecule has 1 atom stereocenters. The molecule has 0 bridgehead atoms. The second-order valence-electron chi connectivity index (χ2n) is 3.73. The number of carboxylic acids is 1. The first-order valence-electron chi connectivity index (χ1n) is 5.58. The summed E-state index contributed by atoms with van der Waals surface area (Å²) < 4.78 is 9.99. The highest BCUT2D eigenvalue weighted by molar-refractivity contribution is 6.03. The van der Waals surface area contributed by atoms with E-state index in [1.165, 1.54) is 32.5 Å². The Morgan fingerprint density at radius 2 is 2.21 bits per heavy atom. The number of aromatic nitrogens is 1. The van der Waals surface area contributed by atoms with Crippen molar-refractivity contribution in [2.75, 3.05) is 27.4 Å². The van der Waals surface area contributed by atoms with Gasteiger partial charge in [-0.1, -0.05) is 0 Å². The monoisotopic (exact) mass is 268 g/mol. The van der Waals surface area contributed by atoms with Crippen LogP contribution in [0.2, 0.25) is 0 Å². The summed E-state index contributed by atoms with van der Waals surface area (Å²) in [7, 11) is 3.02.